The highest BCUT2D eigenvalue weighted by molar-refractivity contribution is 5.95. The van der Waals surface area contributed by atoms with Gasteiger partial charge in [0.2, 0.25) is 11.8 Å². The Balaban J connectivity index is 2.50. The van der Waals surface area contributed by atoms with Gasteiger partial charge in [0.1, 0.15) is 0 Å². The molecule has 0 aliphatic carbocycles. The molecule has 0 fully saturated rings. The number of benzene rings is 1. The fourth-order valence-corrected chi connectivity index (χ4v) is 1.56. The Bertz CT molecular complexity index is 474. The molecular weight excluding hydrogens is 258 g/mol. The van der Waals surface area contributed by atoms with Gasteiger partial charge in [-0.1, -0.05) is 32.0 Å². The summed E-state index contributed by atoms with van der Waals surface area (Å²) in [5, 5.41) is 14.3. The van der Waals surface area contributed by atoms with Gasteiger partial charge >= 0.3 is 0 Å². The zero-order valence-corrected chi connectivity index (χ0v) is 11.7. The van der Waals surface area contributed by atoms with E-state index >= 15 is 0 Å². The average Bonchev–Trinajstić information content (AvgIpc) is 2.44. The number of para-hydroxylation sites is 1. The van der Waals surface area contributed by atoms with Crippen molar-refractivity contribution >= 4 is 17.5 Å². The zero-order valence-electron chi connectivity index (χ0n) is 11.7. The molecule has 0 unspecified atom stereocenters. The van der Waals surface area contributed by atoms with Gasteiger partial charge in [-0.3, -0.25) is 9.59 Å². The Kier molecular flexibility index (Phi) is 6.14. The first-order chi connectivity index (χ1) is 9.45. The molecule has 1 atom stereocenters. The summed E-state index contributed by atoms with van der Waals surface area (Å²) in [6, 6.07) is 6.29. The van der Waals surface area contributed by atoms with Gasteiger partial charge in [0.05, 0.1) is 19.2 Å². The van der Waals surface area contributed by atoms with E-state index in [2.05, 4.69) is 10.6 Å². The molecule has 0 aliphatic heterocycles. The first kappa shape index (κ1) is 16.1. The molecule has 0 aliphatic rings. The number of nitrogens with two attached hydrogens (primary N) is 1. The summed E-state index contributed by atoms with van der Waals surface area (Å²) < 4.78 is 0. The molecule has 0 saturated heterocycles. The van der Waals surface area contributed by atoms with Gasteiger partial charge in [-0.15, -0.1) is 0 Å². The second-order valence-electron chi connectivity index (χ2n) is 4.85. The van der Waals surface area contributed by atoms with Gasteiger partial charge in [0, 0.05) is 11.3 Å². The van der Waals surface area contributed by atoms with Crippen molar-refractivity contribution in [1.29, 1.82) is 0 Å². The molecule has 6 nitrogen and oxygen atoms in total. The molecule has 1 aromatic rings. The summed E-state index contributed by atoms with van der Waals surface area (Å²) in [7, 11) is 0. The lowest BCUT2D eigenvalue weighted by atomic mass is 10.1. The second kappa shape index (κ2) is 7.62. The standard InChI is InChI=1S/C14H21N3O3/c1-9(2)13(15)14(20)16-7-12(19)17-11-6-4-3-5-10(11)8-18/h3-6,9,13,18H,7-8,15H2,1-2H3,(H,16,20)(H,17,19)/t13-/m0/s1. The van der Waals surface area contributed by atoms with Crippen LogP contribution >= 0.6 is 0 Å². The highest BCUT2D eigenvalue weighted by Crippen LogP contribution is 2.14. The SMILES string of the molecule is CC(C)[C@H](N)C(=O)NCC(=O)Nc1ccccc1CO. The van der Waals surface area contributed by atoms with Crippen LogP contribution in [-0.4, -0.2) is 29.5 Å². The summed E-state index contributed by atoms with van der Waals surface area (Å²) in [6.45, 7) is 3.35. The largest absolute Gasteiger partial charge is 0.392 e. The Morgan fingerprint density at radius 1 is 1.30 bits per heavy atom. The number of hydrogen-bond acceptors (Lipinski definition) is 4. The van der Waals surface area contributed by atoms with Gasteiger partial charge in [0.25, 0.3) is 0 Å². The highest BCUT2D eigenvalue weighted by atomic mass is 16.3. The lowest BCUT2D eigenvalue weighted by Gasteiger charge is -2.15. The van der Waals surface area contributed by atoms with Crippen LogP contribution in [0, 0.1) is 5.92 Å². The predicted octanol–water partition coefficient (Wildman–Crippen LogP) is 0.217. The number of aliphatic hydroxyl groups is 1. The Hall–Kier alpha value is -1.92. The highest BCUT2D eigenvalue weighted by Gasteiger charge is 2.17. The maximum absolute atomic E-state index is 11.7. The molecule has 0 bridgehead atoms. The molecule has 5 N–H and O–H groups in total. The lowest BCUT2D eigenvalue weighted by Crippen LogP contribution is -2.46. The molecule has 2 amide bonds. The van der Waals surface area contributed by atoms with Gasteiger partial charge < -0.3 is 21.5 Å². The van der Waals surface area contributed by atoms with Crippen molar-refractivity contribution in [3.8, 4) is 0 Å². The second-order valence-corrected chi connectivity index (χ2v) is 4.85. The zero-order chi connectivity index (χ0) is 15.1. The summed E-state index contributed by atoms with van der Waals surface area (Å²) in [5.41, 5.74) is 6.81. The first-order valence-corrected chi connectivity index (χ1v) is 6.47. The van der Waals surface area contributed by atoms with E-state index in [4.69, 9.17) is 10.8 Å². The molecule has 1 aromatic carbocycles. The van der Waals surface area contributed by atoms with Crippen LogP contribution in [0.15, 0.2) is 24.3 Å². The van der Waals surface area contributed by atoms with Crippen molar-refractivity contribution in [1.82, 2.24) is 5.32 Å². The summed E-state index contributed by atoms with van der Waals surface area (Å²) in [6.07, 6.45) is 0. The van der Waals surface area contributed by atoms with Crippen LogP contribution in [0.4, 0.5) is 5.69 Å². The topological polar surface area (TPSA) is 104 Å². The number of nitrogens with one attached hydrogen (secondary N) is 2. The quantitative estimate of drug-likeness (QED) is 0.597. The third-order valence-corrected chi connectivity index (χ3v) is 2.91. The molecule has 20 heavy (non-hydrogen) atoms. The Morgan fingerprint density at radius 2 is 1.95 bits per heavy atom. The van der Waals surface area contributed by atoms with E-state index in [-0.39, 0.29) is 30.9 Å². The summed E-state index contributed by atoms with van der Waals surface area (Å²) >= 11 is 0. The number of rotatable bonds is 6. The number of aliphatic hydroxyl groups excluding tert-OH is 1. The number of hydrogen-bond donors (Lipinski definition) is 4. The van der Waals surface area contributed by atoms with E-state index in [9.17, 15) is 9.59 Å². The van der Waals surface area contributed by atoms with Crippen LogP contribution < -0.4 is 16.4 Å². The van der Waals surface area contributed by atoms with Gasteiger partial charge in [0.15, 0.2) is 0 Å². The molecule has 0 saturated carbocycles. The third-order valence-electron chi connectivity index (χ3n) is 2.91. The number of carbonyl (C=O) groups excluding carboxylic acids is 2. The number of amides is 2. The molecule has 6 heteroatoms. The molecule has 0 spiro atoms. The lowest BCUT2D eigenvalue weighted by molar-refractivity contribution is -0.125. The molecule has 1 rings (SSSR count). The van der Waals surface area contributed by atoms with Crippen molar-refractivity contribution in [2.75, 3.05) is 11.9 Å². The predicted molar refractivity (Wildman–Crippen MR) is 76.8 cm³/mol. The first-order valence-electron chi connectivity index (χ1n) is 6.47. The van der Waals surface area contributed by atoms with Crippen molar-refractivity contribution < 1.29 is 14.7 Å². The minimum Gasteiger partial charge on any atom is -0.392 e. The average molecular weight is 279 g/mol. The maximum atomic E-state index is 11.7. The van der Waals surface area contributed by atoms with Crippen molar-refractivity contribution in [2.24, 2.45) is 11.7 Å². The maximum Gasteiger partial charge on any atom is 0.243 e. The Morgan fingerprint density at radius 3 is 2.55 bits per heavy atom. The minimum atomic E-state index is -0.632. The van der Waals surface area contributed by atoms with Gasteiger partial charge in [-0.25, -0.2) is 0 Å². The van der Waals surface area contributed by atoms with Gasteiger partial charge in [-0.05, 0) is 12.0 Å². The van der Waals surface area contributed by atoms with Crippen LogP contribution in [0.3, 0.4) is 0 Å². The fraction of sp³-hybridized carbons (Fsp3) is 0.429. The molecule has 0 aromatic heterocycles. The smallest absolute Gasteiger partial charge is 0.243 e. The van der Waals surface area contributed by atoms with Gasteiger partial charge in [-0.2, -0.15) is 0 Å². The van der Waals surface area contributed by atoms with Crippen LogP contribution in [0.5, 0.6) is 0 Å². The van der Waals surface area contributed by atoms with E-state index < -0.39 is 6.04 Å². The van der Waals surface area contributed by atoms with E-state index in [0.29, 0.717) is 11.3 Å². The van der Waals surface area contributed by atoms with E-state index in [1.807, 2.05) is 13.8 Å². The van der Waals surface area contributed by atoms with E-state index in [1.165, 1.54) is 0 Å². The summed E-state index contributed by atoms with van der Waals surface area (Å²) in [4.78, 5) is 23.3. The number of carbonyl (C=O) groups is 2. The molecule has 0 heterocycles. The number of anilines is 1. The van der Waals surface area contributed by atoms with Crippen LogP contribution in [0.1, 0.15) is 19.4 Å². The molecule has 110 valence electrons. The van der Waals surface area contributed by atoms with Crippen molar-refractivity contribution in [2.45, 2.75) is 26.5 Å². The van der Waals surface area contributed by atoms with Crippen molar-refractivity contribution in [3.63, 3.8) is 0 Å². The summed E-state index contributed by atoms with van der Waals surface area (Å²) in [5.74, 6) is -0.714. The van der Waals surface area contributed by atoms with E-state index in [0.717, 1.165) is 0 Å². The van der Waals surface area contributed by atoms with Crippen LogP contribution in [0.25, 0.3) is 0 Å². The monoisotopic (exact) mass is 279 g/mol. The van der Waals surface area contributed by atoms with Crippen LogP contribution in [-0.2, 0) is 16.2 Å². The van der Waals surface area contributed by atoms with Crippen LogP contribution in [0.2, 0.25) is 0 Å². The normalized spacial score (nSPS) is 12.1. The minimum absolute atomic E-state index is 0.00757. The van der Waals surface area contributed by atoms with Crippen molar-refractivity contribution in [3.05, 3.63) is 29.8 Å². The molecule has 0 radical (unpaired) electrons. The fourth-order valence-electron chi connectivity index (χ4n) is 1.56. The molecular formula is C14H21N3O3. The third kappa shape index (κ3) is 4.64. The Labute approximate surface area is 118 Å². The van der Waals surface area contributed by atoms with E-state index in [1.54, 1.807) is 24.3 Å².